The molecule has 0 unspecified atom stereocenters. The highest BCUT2D eigenvalue weighted by Crippen LogP contribution is 2.47. The second-order valence-electron chi connectivity index (χ2n) is 5.25. The zero-order chi connectivity index (χ0) is 13.5. The molecule has 1 aromatic carbocycles. The average molecular weight is 254 g/mol. The maximum absolute atomic E-state index is 10.7. The molecule has 0 aliphatic heterocycles. The van der Waals surface area contributed by atoms with Crippen LogP contribution in [-0.2, 0) is 5.41 Å². The summed E-state index contributed by atoms with van der Waals surface area (Å²) in [5, 5.41) is 16.4. The van der Waals surface area contributed by atoms with Gasteiger partial charge in [0, 0.05) is 5.56 Å². The van der Waals surface area contributed by atoms with Crippen LogP contribution in [0, 0.1) is 0 Å². The third-order valence-corrected chi connectivity index (χ3v) is 3.76. The number of benzene rings is 1. The van der Waals surface area contributed by atoms with E-state index in [2.05, 4.69) is 29.3 Å². The van der Waals surface area contributed by atoms with Crippen molar-refractivity contribution in [3.8, 4) is 11.3 Å². The Hall–Kier alpha value is -2.23. The van der Waals surface area contributed by atoms with Gasteiger partial charge >= 0.3 is 5.97 Å². The van der Waals surface area contributed by atoms with Gasteiger partial charge in [-0.05, 0) is 36.0 Å². The van der Waals surface area contributed by atoms with Crippen LogP contribution in [0.2, 0.25) is 0 Å². The monoisotopic (exact) mass is 254 g/mol. The van der Waals surface area contributed by atoms with Gasteiger partial charge in [-0.1, -0.05) is 31.2 Å². The van der Waals surface area contributed by atoms with Gasteiger partial charge in [0.1, 0.15) is 0 Å². The number of hydrogen-bond acceptors (Lipinski definition) is 3. The number of carboxylic acids is 1. The van der Waals surface area contributed by atoms with Crippen molar-refractivity contribution in [2.24, 2.45) is 0 Å². The molecule has 1 aliphatic carbocycles. The van der Waals surface area contributed by atoms with Crippen molar-refractivity contribution in [1.82, 2.24) is 10.2 Å². The second-order valence-corrected chi connectivity index (χ2v) is 5.25. The van der Waals surface area contributed by atoms with Gasteiger partial charge in [-0.15, -0.1) is 10.2 Å². The zero-order valence-corrected chi connectivity index (χ0v) is 10.6. The molecule has 96 valence electrons. The van der Waals surface area contributed by atoms with Crippen LogP contribution >= 0.6 is 0 Å². The fourth-order valence-electron chi connectivity index (χ4n) is 2.12. The molecule has 1 aliphatic rings. The van der Waals surface area contributed by atoms with E-state index in [1.54, 1.807) is 6.07 Å². The smallest absolute Gasteiger partial charge is 0.356 e. The van der Waals surface area contributed by atoms with Crippen molar-refractivity contribution >= 4 is 5.97 Å². The fourth-order valence-corrected chi connectivity index (χ4v) is 2.12. The molecular weight excluding hydrogens is 240 g/mol. The summed E-state index contributed by atoms with van der Waals surface area (Å²) in [6, 6.07) is 11.4. The lowest BCUT2D eigenvalue weighted by Gasteiger charge is -2.09. The first-order valence-corrected chi connectivity index (χ1v) is 6.26. The maximum atomic E-state index is 10.7. The minimum Gasteiger partial charge on any atom is -0.476 e. The lowest BCUT2D eigenvalue weighted by atomic mass is 9.97. The first kappa shape index (κ1) is 11.8. The van der Waals surface area contributed by atoms with E-state index in [0.29, 0.717) is 11.1 Å². The summed E-state index contributed by atoms with van der Waals surface area (Å²) < 4.78 is 0. The molecule has 1 N–H and O–H groups in total. The lowest BCUT2D eigenvalue weighted by molar-refractivity contribution is 0.0689. The van der Waals surface area contributed by atoms with E-state index in [-0.39, 0.29) is 5.69 Å². The van der Waals surface area contributed by atoms with Crippen LogP contribution < -0.4 is 0 Å². The van der Waals surface area contributed by atoms with E-state index in [1.807, 2.05) is 12.1 Å². The highest BCUT2D eigenvalue weighted by atomic mass is 16.4. The van der Waals surface area contributed by atoms with Gasteiger partial charge < -0.3 is 5.11 Å². The van der Waals surface area contributed by atoms with Crippen molar-refractivity contribution in [3.05, 3.63) is 47.7 Å². The van der Waals surface area contributed by atoms with E-state index < -0.39 is 5.97 Å². The van der Waals surface area contributed by atoms with E-state index in [4.69, 9.17) is 5.11 Å². The summed E-state index contributed by atoms with van der Waals surface area (Å²) in [6.07, 6.45) is 2.50. The minimum atomic E-state index is -1.06. The van der Waals surface area contributed by atoms with Crippen molar-refractivity contribution in [2.75, 3.05) is 0 Å². The summed E-state index contributed by atoms with van der Waals surface area (Å²) in [5.41, 5.74) is 3.32. The van der Waals surface area contributed by atoms with Crippen LogP contribution in [0.15, 0.2) is 36.4 Å². The lowest BCUT2D eigenvalue weighted by Crippen LogP contribution is -2.02. The van der Waals surface area contributed by atoms with Crippen LogP contribution in [0.25, 0.3) is 11.3 Å². The van der Waals surface area contributed by atoms with Gasteiger partial charge in [0.05, 0.1) is 5.69 Å². The summed E-state index contributed by atoms with van der Waals surface area (Å²) in [7, 11) is 0. The molecule has 0 atom stereocenters. The molecule has 0 spiro atoms. The molecule has 4 heteroatoms. The van der Waals surface area contributed by atoms with Gasteiger partial charge in [0.25, 0.3) is 0 Å². The predicted molar refractivity (Wildman–Crippen MR) is 71.0 cm³/mol. The molecular formula is C15H14N2O2. The van der Waals surface area contributed by atoms with Crippen molar-refractivity contribution in [1.29, 1.82) is 0 Å². The Morgan fingerprint density at radius 3 is 2.26 bits per heavy atom. The van der Waals surface area contributed by atoms with Gasteiger partial charge in [0.2, 0.25) is 0 Å². The highest BCUT2D eigenvalue weighted by Gasteiger charge is 2.38. The number of carboxylic acid groups (broad SMARTS) is 1. The van der Waals surface area contributed by atoms with Crippen molar-refractivity contribution < 1.29 is 9.90 Å². The van der Waals surface area contributed by atoms with Gasteiger partial charge in [-0.25, -0.2) is 4.79 Å². The molecule has 0 amide bonds. The Kier molecular flexibility index (Phi) is 2.59. The molecule has 0 radical (unpaired) electrons. The molecule has 1 aromatic heterocycles. The summed E-state index contributed by atoms with van der Waals surface area (Å²) in [6.45, 7) is 2.27. The molecule has 3 rings (SSSR count). The topological polar surface area (TPSA) is 63.1 Å². The normalized spacial score (nSPS) is 16.1. The Bertz CT molecular complexity index is 614. The molecule has 1 heterocycles. The number of carbonyl (C=O) groups is 1. The number of hydrogen-bond donors (Lipinski definition) is 1. The van der Waals surface area contributed by atoms with E-state index >= 15 is 0 Å². The zero-order valence-electron chi connectivity index (χ0n) is 10.6. The van der Waals surface area contributed by atoms with Gasteiger partial charge in [-0.2, -0.15) is 0 Å². The first-order valence-electron chi connectivity index (χ1n) is 6.26. The maximum Gasteiger partial charge on any atom is 0.356 e. The van der Waals surface area contributed by atoms with Crippen LogP contribution in [0.5, 0.6) is 0 Å². The van der Waals surface area contributed by atoms with Crippen molar-refractivity contribution in [2.45, 2.75) is 25.2 Å². The molecule has 0 saturated heterocycles. The Morgan fingerprint density at radius 2 is 1.79 bits per heavy atom. The van der Waals surface area contributed by atoms with Gasteiger partial charge in [-0.3, -0.25) is 0 Å². The largest absolute Gasteiger partial charge is 0.476 e. The summed E-state index contributed by atoms with van der Waals surface area (Å²) in [4.78, 5) is 10.7. The Labute approximate surface area is 111 Å². The number of aromatic carboxylic acids is 1. The molecule has 1 fully saturated rings. The molecule has 2 aromatic rings. The Balaban J connectivity index is 1.87. The second kappa shape index (κ2) is 4.16. The SMILES string of the molecule is CC1(c2ccc(-c3ccc(C(=O)O)nn3)cc2)CC1. The van der Waals surface area contributed by atoms with E-state index in [9.17, 15) is 4.79 Å². The van der Waals surface area contributed by atoms with Gasteiger partial charge in [0.15, 0.2) is 5.69 Å². The number of rotatable bonds is 3. The summed E-state index contributed by atoms with van der Waals surface area (Å²) >= 11 is 0. The van der Waals surface area contributed by atoms with Crippen LogP contribution in [-0.4, -0.2) is 21.3 Å². The first-order chi connectivity index (χ1) is 9.08. The molecule has 4 nitrogen and oxygen atoms in total. The number of nitrogens with zero attached hydrogens (tertiary/aromatic N) is 2. The molecule has 19 heavy (non-hydrogen) atoms. The fraction of sp³-hybridized carbons (Fsp3) is 0.267. The predicted octanol–water partition coefficient (Wildman–Crippen LogP) is 2.89. The van der Waals surface area contributed by atoms with E-state index in [0.717, 1.165) is 5.56 Å². The minimum absolute atomic E-state index is 0.0362. The van der Waals surface area contributed by atoms with Crippen LogP contribution in [0.3, 0.4) is 0 Å². The third-order valence-electron chi connectivity index (χ3n) is 3.76. The standard InChI is InChI=1S/C15H14N2O2/c1-15(8-9-15)11-4-2-10(3-5-11)12-6-7-13(14(18)19)17-16-12/h2-7H,8-9H2,1H3,(H,18,19). The van der Waals surface area contributed by atoms with E-state index in [1.165, 1.54) is 24.5 Å². The molecule has 1 saturated carbocycles. The Morgan fingerprint density at radius 1 is 1.11 bits per heavy atom. The highest BCUT2D eigenvalue weighted by molar-refractivity contribution is 5.85. The number of aromatic nitrogens is 2. The molecule has 0 bridgehead atoms. The third kappa shape index (κ3) is 2.21. The van der Waals surface area contributed by atoms with Crippen molar-refractivity contribution in [3.63, 3.8) is 0 Å². The summed E-state index contributed by atoms with van der Waals surface area (Å²) in [5.74, 6) is -1.06. The van der Waals surface area contributed by atoms with Crippen LogP contribution in [0.1, 0.15) is 35.8 Å². The quantitative estimate of drug-likeness (QED) is 0.914. The van der Waals surface area contributed by atoms with Crippen LogP contribution in [0.4, 0.5) is 0 Å². The average Bonchev–Trinajstić information content (AvgIpc) is 3.18.